The fourth-order valence-corrected chi connectivity index (χ4v) is 3.90. The minimum absolute atomic E-state index is 0. The van der Waals surface area contributed by atoms with E-state index >= 15 is 0 Å². The number of carbonyl (C=O) groups excluding carboxylic acids is 2. The summed E-state index contributed by atoms with van der Waals surface area (Å²) in [5, 5.41) is 1.18. The van der Waals surface area contributed by atoms with Crippen LogP contribution < -0.4 is 17.3 Å². The van der Waals surface area contributed by atoms with Gasteiger partial charge in [-0.3, -0.25) is 14.5 Å². The Labute approximate surface area is 179 Å². The molecule has 148 valence electrons. The number of halogens is 2. The third-order valence-electron chi connectivity index (χ3n) is 4.14. The van der Waals surface area contributed by atoms with Crippen LogP contribution in [0, 0.1) is 0 Å². The van der Waals surface area contributed by atoms with E-state index in [9.17, 15) is 9.59 Å². The number of amides is 1. The van der Waals surface area contributed by atoms with Crippen molar-refractivity contribution in [1.29, 1.82) is 0 Å². The van der Waals surface area contributed by atoms with Gasteiger partial charge in [0.25, 0.3) is 5.91 Å². The molecule has 1 heterocycles. The number of carbonyl (C=O) groups is 2. The van der Waals surface area contributed by atoms with Crippen LogP contribution in [0.25, 0.3) is 10.2 Å². The van der Waals surface area contributed by atoms with E-state index in [1.54, 1.807) is 35.2 Å². The smallest absolute Gasteiger partial charge is 0.260 e. The van der Waals surface area contributed by atoms with Crippen molar-refractivity contribution >= 4 is 50.0 Å². The summed E-state index contributed by atoms with van der Waals surface area (Å²) < 4.78 is 0.937. The largest absolute Gasteiger partial charge is 1.00 e. The zero-order valence-corrected chi connectivity index (χ0v) is 18.1. The molecule has 1 aromatic heterocycles. The Morgan fingerprint density at radius 1 is 1.04 bits per heavy atom. The molecule has 5 nitrogen and oxygen atoms in total. The van der Waals surface area contributed by atoms with Crippen molar-refractivity contribution in [2.45, 2.75) is 6.92 Å². The van der Waals surface area contributed by atoms with Gasteiger partial charge in [0.1, 0.15) is 5.52 Å². The van der Waals surface area contributed by atoms with Crippen LogP contribution in [0.5, 0.6) is 0 Å². The molecule has 2 aromatic carbocycles. The Morgan fingerprint density at radius 2 is 1.68 bits per heavy atom. The van der Waals surface area contributed by atoms with Gasteiger partial charge in [0.2, 0.25) is 0 Å². The Balaban J connectivity index is 0.00000280. The monoisotopic (exact) mass is 436 g/mol. The number of Topliss-reactive ketones (excluding diaryl/α,β-unsaturated/α-hetero) is 1. The predicted molar refractivity (Wildman–Crippen MR) is 111 cm³/mol. The van der Waals surface area contributed by atoms with E-state index in [4.69, 9.17) is 11.6 Å². The highest BCUT2D eigenvalue weighted by Gasteiger charge is 2.22. The van der Waals surface area contributed by atoms with E-state index in [0.717, 1.165) is 4.70 Å². The third-order valence-corrected chi connectivity index (χ3v) is 5.49. The molecular weight excluding hydrogens is 417 g/mol. The van der Waals surface area contributed by atoms with Crippen LogP contribution in [0.15, 0.2) is 42.5 Å². The van der Waals surface area contributed by atoms with E-state index in [1.165, 1.54) is 18.3 Å². The van der Waals surface area contributed by atoms with Crippen molar-refractivity contribution < 1.29 is 22.0 Å². The van der Waals surface area contributed by atoms with Gasteiger partial charge in [-0.1, -0.05) is 41.1 Å². The number of benzene rings is 2. The van der Waals surface area contributed by atoms with Crippen LogP contribution in [-0.2, 0) is 0 Å². The van der Waals surface area contributed by atoms with Crippen molar-refractivity contribution in [1.82, 2.24) is 9.88 Å². The number of hydrogen-bond donors (Lipinski definition) is 0. The average Bonchev–Trinajstić information content (AvgIpc) is 3.07. The number of rotatable bonds is 6. The van der Waals surface area contributed by atoms with Crippen LogP contribution in [0.2, 0.25) is 5.02 Å². The van der Waals surface area contributed by atoms with Crippen LogP contribution in [0.3, 0.4) is 0 Å². The summed E-state index contributed by atoms with van der Waals surface area (Å²) in [6.07, 6.45) is 0. The lowest BCUT2D eigenvalue weighted by Gasteiger charge is -2.22. The van der Waals surface area contributed by atoms with E-state index < -0.39 is 0 Å². The second kappa shape index (κ2) is 9.47. The van der Waals surface area contributed by atoms with Gasteiger partial charge in [0.05, 0.1) is 9.72 Å². The van der Waals surface area contributed by atoms with Crippen molar-refractivity contribution in [3.63, 3.8) is 0 Å². The number of fused-ring (bicyclic) bond motifs is 1. The highest BCUT2D eigenvalue weighted by Crippen LogP contribution is 2.33. The van der Waals surface area contributed by atoms with Crippen molar-refractivity contribution in [3.8, 4) is 0 Å². The molecule has 3 rings (SSSR count). The van der Waals surface area contributed by atoms with Gasteiger partial charge in [-0.15, -0.1) is 0 Å². The quantitative estimate of drug-likeness (QED) is 0.547. The van der Waals surface area contributed by atoms with Crippen molar-refractivity contribution in [3.05, 3.63) is 58.6 Å². The number of nitrogens with zero attached hydrogens (tertiary/aromatic N) is 3. The fourth-order valence-electron chi connectivity index (χ4n) is 2.61. The Bertz CT molecular complexity index is 987. The van der Waals surface area contributed by atoms with E-state index in [1.807, 2.05) is 31.1 Å². The topological polar surface area (TPSA) is 53.5 Å². The first-order valence-electron chi connectivity index (χ1n) is 8.49. The highest BCUT2D eigenvalue weighted by atomic mass is 35.5. The molecule has 0 saturated heterocycles. The molecule has 0 aliphatic carbocycles. The number of thiazole rings is 1. The van der Waals surface area contributed by atoms with Crippen LogP contribution in [-0.4, -0.2) is 48.8 Å². The fraction of sp³-hybridized carbons (Fsp3) is 0.250. The molecular formula is C20H20Cl2N3O2S-. The van der Waals surface area contributed by atoms with Crippen molar-refractivity contribution in [2.24, 2.45) is 0 Å². The molecule has 0 atom stereocenters. The number of hydrogen-bond acceptors (Lipinski definition) is 5. The lowest BCUT2D eigenvalue weighted by Crippen LogP contribution is -3.00. The Hall–Kier alpha value is -1.99. The van der Waals surface area contributed by atoms with Gasteiger partial charge in [-0.2, -0.15) is 0 Å². The first-order valence-corrected chi connectivity index (χ1v) is 9.69. The SMILES string of the molecule is CC(=O)c1ccc(C(=O)N(CCN(C)C)c2nc3c(Cl)cccc3s2)cc1.[Cl-]. The first kappa shape index (κ1) is 22.3. The predicted octanol–water partition coefficient (Wildman–Crippen LogP) is 1.36. The Morgan fingerprint density at radius 3 is 2.25 bits per heavy atom. The summed E-state index contributed by atoms with van der Waals surface area (Å²) in [6.45, 7) is 2.70. The van der Waals surface area contributed by atoms with E-state index in [-0.39, 0.29) is 24.1 Å². The maximum absolute atomic E-state index is 13.2. The number of ketones is 1. The summed E-state index contributed by atoms with van der Waals surface area (Å²) in [5.41, 5.74) is 1.80. The molecule has 1 amide bonds. The molecule has 0 bridgehead atoms. The van der Waals surface area contributed by atoms with Gasteiger partial charge in [0.15, 0.2) is 10.9 Å². The molecule has 0 radical (unpaired) electrons. The standard InChI is InChI=1S/C20H20ClN3O2S.ClH/c1-13(25)14-7-9-15(10-8-14)19(26)24(12-11-23(2)3)20-22-18-16(21)5-4-6-17(18)27-20;/h4-10H,11-12H2,1-3H3;1H/p-1. The summed E-state index contributed by atoms with van der Waals surface area (Å²) in [7, 11) is 3.92. The number of para-hydroxylation sites is 1. The number of likely N-dealkylation sites (N-methyl/N-ethyl adjacent to an activating group) is 1. The molecule has 28 heavy (non-hydrogen) atoms. The molecule has 0 N–H and O–H groups in total. The van der Waals surface area contributed by atoms with E-state index in [0.29, 0.717) is 39.9 Å². The van der Waals surface area contributed by atoms with E-state index in [2.05, 4.69) is 4.98 Å². The van der Waals surface area contributed by atoms with Gasteiger partial charge in [-0.25, -0.2) is 4.98 Å². The maximum atomic E-state index is 13.2. The minimum atomic E-state index is -0.151. The van der Waals surface area contributed by atoms with Gasteiger partial charge in [0, 0.05) is 24.2 Å². The zero-order valence-electron chi connectivity index (χ0n) is 15.8. The number of anilines is 1. The average molecular weight is 437 g/mol. The second-order valence-corrected chi connectivity index (χ2v) is 7.89. The minimum Gasteiger partial charge on any atom is -1.00 e. The second-order valence-electron chi connectivity index (χ2n) is 6.48. The van der Waals surface area contributed by atoms with Crippen molar-refractivity contribution in [2.75, 3.05) is 32.1 Å². The third kappa shape index (κ3) is 4.89. The van der Waals surface area contributed by atoms with Gasteiger partial charge in [-0.05, 0) is 45.3 Å². The zero-order chi connectivity index (χ0) is 19.6. The molecule has 0 saturated carbocycles. The molecule has 0 aliphatic heterocycles. The molecule has 0 spiro atoms. The summed E-state index contributed by atoms with van der Waals surface area (Å²) in [5.74, 6) is -0.179. The summed E-state index contributed by atoms with van der Waals surface area (Å²) in [4.78, 5) is 32.9. The molecule has 8 heteroatoms. The molecule has 0 unspecified atom stereocenters. The van der Waals surface area contributed by atoms with Crippen LogP contribution >= 0.6 is 22.9 Å². The maximum Gasteiger partial charge on any atom is 0.260 e. The summed E-state index contributed by atoms with van der Waals surface area (Å²) >= 11 is 7.69. The first-order chi connectivity index (χ1) is 12.9. The van der Waals surface area contributed by atoms with Gasteiger partial charge >= 0.3 is 0 Å². The van der Waals surface area contributed by atoms with Gasteiger partial charge < -0.3 is 17.3 Å². The lowest BCUT2D eigenvalue weighted by molar-refractivity contribution is -0.0000209. The lowest BCUT2D eigenvalue weighted by atomic mass is 10.1. The Kier molecular flexibility index (Phi) is 7.55. The van der Waals surface area contributed by atoms with Crippen LogP contribution in [0.4, 0.5) is 5.13 Å². The summed E-state index contributed by atoms with van der Waals surface area (Å²) in [6, 6.07) is 12.3. The highest BCUT2D eigenvalue weighted by molar-refractivity contribution is 7.22. The number of aromatic nitrogens is 1. The normalized spacial score (nSPS) is 10.8. The molecule has 3 aromatic rings. The molecule has 0 aliphatic rings. The van der Waals surface area contributed by atoms with Crippen LogP contribution in [0.1, 0.15) is 27.6 Å². The molecule has 0 fully saturated rings.